The first-order chi connectivity index (χ1) is 14.6. The van der Waals surface area contributed by atoms with Crippen LogP contribution in [0.5, 0.6) is 11.5 Å². The molecule has 0 radical (unpaired) electrons. The summed E-state index contributed by atoms with van der Waals surface area (Å²) in [7, 11) is 0. The second kappa shape index (κ2) is 9.20. The number of hydrogen-bond acceptors (Lipinski definition) is 3. The zero-order valence-corrected chi connectivity index (χ0v) is 16.4. The molecule has 0 bridgehead atoms. The second-order valence-electron chi connectivity index (χ2n) is 7.52. The Kier molecular flexibility index (Phi) is 6.81. The Balaban J connectivity index is 1.74. The van der Waals surface area contributed by atoms with Crippen LogP contribution in [0, 0.1) is 23.5 Å². The summed E-state index contributed by atoms with van der Waals surface area (Å²) in [5, 5.41) is -0.494. The fourth-order valence-corrected chi connectivity index (χ4v) is 3.83. The van der Waals surface area contributed by atoms with Crippen molar-refractivity contribution in [2.45, 2.75) is 44.6 Å². The van der Waals surface area contributed by atoms with E-state index in [-0.39, 0.29) is 28.9 Å². The third-order valence-electron chi connectivity index (χ3n) is 5.36. The van der Waals surface area contributed by atoms with Crippen LogP contribution >= 0.6 is 0 Å². The largest absolute Gasteiger partial charge is 0.573 e. The molecule has 2 aromatic rings. The van der Waals surface area contributed by atoms with Crippen molar-refractivity contribution < 1.29 is 40.6 Å². The van der Waals surface area contributed by atoms with Crippen molar-refractivity contribution in [2.24, 2.45) is 11.8 Å². The summed E-state index contributed by atoms with van der Waals surface area (Å²) in [5.41, 5.74) is 0. The molecule has 31 heavy (non-hydrogen) atoms. The Morgan fingerprint density at radius 3 is 2.58 bits per heavy atom. The first kappa shape index (κ1) is 23.0. The van der Waals surface area contributed by atoms with E-state index >= 15 is 0 Å². The highest BCUT2D eigenvalue weighted by Crippen LogP contribution is 2.37. The quantitative estimate of drug-likeness (QED) is 0.216. The lowest BCUT2D eigenvalue weighted by Crippen LogP contribution is -2.34. The molecule has 0 N–H and O–H groups in total. The van der Waals surface area contributed by atoms with Gasteiger partial charge >= 0.3 is 12.3 Å². The van der Waals surface area contributed by atoms with Crippen LogP contribution in [-0.4, -0.2) is 18.5 Å². The predicted molar refractivity (Wildman–Crippen MR) is 101 cm³/mol. The standard InChI is InChI=1S/C22H20F6O3/c1-2-3-4-12-5-7-16(17(23)9-12)21(29)30-14-6-8-15-13(10-14)11-18(24)20(19(15)25)31-22(26,27)28/h2,6,8,10-12,16-17H,1,3-5,7,9H2. The number of halogens is 6. The van der Waals surface area contributed by atoms with Gasteiger partial charge in [0.05, 0.1) is 5.92 Å². The van der Waals surface area contributed by atoms with Gasteiger partial charge in [-0.3, -0.25) is 4.79 Å². The van der Waals surface area contributed by atoms with Gasteiger partial charge in [0, 0.05) is 5.39 Å². The molecule has 0 amide bonds. The molecule has 2 aromatic carbocycles. The van der Waals surface area contributed by atoms with Gasteiger partial charge in [-0.25, -0.2) is 13.2 Å². The lowest BCUT2D eigenvalue weighted by atomic mass is 9.79. The summed E-state index contributed by atoms with van der Waals surface area (Å²) in [6.07, 6.45) is -2.08. The van der Waals surface area contributed by atoms with E-state index in [0.717, 1.165) is 31.0 Å². The number of benzene rings is 2. The van der Waals surface area contributed by atoms with Crippen molar-refractivity contribution in [2.75, 3.05) is 0 Å². The maximum absolute atomic E-state index is 14.5. The fourth-order valence-electron chi connectivity index (χ4n) is 3.83. The van der Waals surface area contributed by atoms with Crippen molar-refractivity contribution in [3.63, 3.8) is 0 Å². The molecule has 1 fully saturated rings. The van der Waals surface area contributed by atoms with E-state index in [4.69, 9.17) is 4.74 Å². The van der Waals surface area contributed by atoms with Crippen molar-refractivity contribution in [3.05, 3.63) is 48.6 Å². The highest BCUT2D eigenvalue weighted by Gasteiger charge is 2.37. The van der Waals surface area contributed by atoms with Crippen LogP contribution < -0.4 is 9.47 Å². The topological polar surface area (TPSA) is 35.5 Å². The number of ether oxygens (including phenoxy) is 2. The van der Waals surface area contributed by atoms with Crippen LogP contribution in [0.3, 0.4) is 0 Å². The number of carbonyl (C=O) groups is 1. The van der Waals surface area contributed by atoms with E-state index in [1.807, 2.05) is 0 Å². The Hall–Kier alpha value is -2.71. The van der Waals surface area contributed by atoms with Gasteiger partial charge in [-0.1, -0.05) is 6.08 Å². The highest BCUT2D eigenvalue weighted by atomic mass is 19.4. The van der Waals surface area contributed by atoms with Crippen molar-refractivity contribution in [1.82, 2.24) is 0 Å². The predicted octanol–water partition coefficient (Wildman–Crippen LogP) is 6.64. The minimum absolute atomic E-state index is 0.0956. The Morgan fingerprint density at radius 2 is 1.94 bits per heavy atom. The number of alkyl halides is 4. The lowest BCUT2D eigenvalue weighted by molar-refractivity contribution is -0.276. The van der Waals surface area contributed by atoms with Crippen LogP contribution in [0.4, 0.5) is 26.3 Å². The van der Waals surface area contributed by atoms with Crippen LogP contribution in [-0.2, 0) is 4.79 Å². The summed E-state index contributed by atoms with van der Waals surface area (Å²) in [6.45, 7) is 3.64. The van der Waals surface area contributed by atoms with Gasteiger partial charge in [-0.15, -0.1) is 19.8 Å². The van der Waals surface area contributed by atoms with Crippen molar-refractivity contribution in [3.8, 4) is 11.5 Å². The summed E-state index contributed by atoms with van der Waals surface area (Å²) in [4.78, 5) is 12.4. The first-order valence-electron chi connectivity index (χ1n) is 9.73. The number of rotatable bonds is 6. The number of allylic oxidation sites excluding steroid dienone is 1. The molecular weight excluding hydrogens is 426 g/mol. The molecule has 3 nitrogen and oxygen atoms in total. The van der Waals surface area contributed by atoms with Crippen LogP contribution in [0.2, 0.25) is 0 Å². The van der Waals surface area contributed by atoms with E-state index in [0.29, 0.717) is 18.9 Å². The van der Waals surface area contributed by atoms with Crippen molar-refractivity contribution >= 4 is 16.7 Å². The average Bonchev–Trinajstić information content (AvgIpc) is 2.68. The van der Waals surface area contributed by atoms with Crippen LogP contribution in [0.25, 0.3) is 10.8 Å². The molecule has 0 spiro atoms. The molecule has 3 unspecified atom stereocenters. The monoisotopic (exact) mass is 446 g/mol. The van der Waals surface area contributed by atoms with E-state index in [1.165, 1.54) is 0 Å². The van der Waals surface area contributed by atoms with E-state index in [2.05, 4.69) is 11.3 Å². The zero-order valence-electron chi connectivity index (χ0n) is 16.4. The van der Waals surface area contributed by atoms with Crippen LogP contribution in [0.1, 0.15) is 32.1 Å². The Bertz CT molecular complexity index is 972. The minimum Gasteiger partial charge on any atom is -0.426 e. The molecule has 3 rings (SSSR count). The minimum atomic E-state index is -5.27. The summed E-state index contributed by atoms with van der Waals surface area (Å²) < 4.78 is 88.4. The molecule has 0 heterocycles. The third-order valence-corrected chi connectivity index (χ3v) is 5.36. The van der Waals surface area contributed by atoms with Gasteiger partial charge < -0.3 is 9.47 Å². The SMILES string of the molecule is C=CCCC1CCC(C(=O)Oc2ccc3c(F)c(OC(F)(F)F)c(F)cc3c2)C(F)C1. The molecule has 0 aliphatic heterocycles. The van der Waals surface area contributed by atoms with E-state index in [9.17, 15) is 31.1 Å². The zero-order chi connectivity index (χ0) is 22.8. The molecule has 0 saturated heterocycles. The number of esters is 1. The molecule has 0 aromatic heterocycles. The average molecular weight is 446 g/mol. The van der Waals surface area contributed by atoms with E-state index < -0.39 is 41.8 Å². The molecule has 168 valence electrons. The smallest absolute Gasteiger partial charge is 0.426 e. The lowest BCUT2D eigenvalue weighted by Gasteiger charge is -2.30. The van der Waals surface area contributed by atoms with E-state index in [1.54, 1.807) is 6.08 Å². The molecule has 9 heteroatoms. The van der Waals surface area contributed by atoms with Gasteiger partial charge in [-0.2, -0.15) is 0 Å². The second-order valence-corrected chi connectivity index (χ2v) is 7.52. The molecule has 3 atom stereocenters. The van der Waals surface area contributed by atoms with Gasteiger partial charge in [0.15, 0.2) is 11.6 Å². The summed E-state index contributed by atoms with van der Waals surface area (Å²) >= 11 is 0. The molecule has 1 aliphatic carbocycles. The number of carbonyl (C=O) groups excluding carboxylic acids is 1. The normalized spacial score (nSPS) is 21.7. The molecular formula is C22H20F6O3. The number of fused-ring (bicyclic) bond motifs is 1. The Morgan fingerprint density at radius 1 is 1.19 bits per heavy atom. The fraction of sp³-hybridized carbons (Fsp3) is 0.409. The van der Waals surface area contributed by atoms with Gasteiger partial charge in [0.1, 0.15) is 11.9 Å². The molecule has 1 aliphatic rings. The Labute approximate surface area is 174 Å². The highest BCUT2D eigenvalue weighted by molar-refractivity contribution is 5.87. The summed E-state index contributed by atoms with van der Waals surface area (Å²) in [6, 6.07) is 3.91. The van der Waals surface area contributed by atoms with Crippen LogP contribution in [0.15, 0.2) is 36.9 Å². The first-order valence-corrected chi connectivity index (χ1v) is 9.73. The van der Waals surface area contributed by atoms with Gasteiger partial charge in [0.25, 0.3) is 0 Å². The maximum atomic E-state index is 14.5. The summed E-state index contributed by atoms with van der Waals surface area (Å²) in [5.74, 6) is -6.35. The maximum Gasteiger partial charge on any atom is 0.573 e. The van der Waals surface area contributed by atoms with Gasteiger partial charge in [0.2, 0.25) is 5.75 Å². The van der Waals surface area contributed by atoms with Crippen molar-refractivity contribution in [1.29, 1.82) is 0 Å². The molecule has 1 saturated carbocycles. The number of hydrogen-bond donors (Lipinski definition) is 0. The van der Waals surface area contributed by atoms with Gasteiger partial charge in [-0.05, 0) is 67.7 Å². The third kappa shape index (κ3) is 5.51.